The van der Waals surface area contributed by atoms with Gasteiger partial charge in [-0.25, -0.2) is 0 Å². The van der Waals surface area contributed by atoms with Crippen molar-refractivity contribution in [2.75, 3.05) is 0 Å². The molecule has 0 saturated carbocycles. The molecule has 0 bridgehead atoms. The van der Waals surface area contributed by atoms with Gasteiger partial charge >= 0.3 is 0 Å². The molecule has 0 atom stereocenters. The number of hydrogen-bond acceptors (Lipinski definition) is 3. The van der Waals surface area contributed by atoms with Crippen LogP contribution in [0, 0.1) is 0 Å². The van der Waals surface area contributed by atoms with Crippen molar-refractivity contribution in [3.05, 3.63) is 70.1 Å². The van der Waals surface area contributed by atoms with Crippen molar-refractivity contribution in [2.45, 2.75) is 0 Å². The molecule has 4 heteroatoms. The highest BCUT2D eigenvalue weighted by Crippen LogP contribution is 2.06. The van der Waals surface area contributed by atoms with Gasteiger partial charge in [-0.15, -0.1) is 0 Å². The summed E-state index contributed by atoms with van der Waals surface area (Å²) in [5, 5.41) is 0. The summed E-state index contributed by atoms with van der Waals surface area (Å²) in [4.78, 5) is 35.4. The molecule has 0 aliphatic rings. The van der Waals surface area contributed by atoms with Gasteiger partial charge in [0.05, 0.1) is 5.69 Å². The molecule has 2 aromatic rings. The van der Waals surface area contributed by atoms with Gasteiger partial charge in [-0.1, -0.05) is 36.4 Å². The molecule has 1 aromatic heterocycles. The van der Waals surface area contributed by atoms with Gasteiger partial charge < -0.3 is 4.57 Å². The zero-order valence-electron chi connectivity index (χ0n) is 9.79. The summed E-state index contributed by atoms with van der Waals surface area (Å²) in [6, 6.07) is 12.5. The minimum Gasteiger partial charge on any atom is -0.308 e. The molecular weight excluding hydrogens is 230 g/mol. The molecule has 0 radical (unpaired) electrons. The zero-order valence-corrected chi connectivity index (χ0v) is 9.79. The molecule has 0 amide bonds. The first kappa shape index (κ1) is 12.0. The first-order chi connectivity index (χ1) is 8.61. The maximum absolute atomic E-state index is 12.0. The highest BCUT2D eigenvalue weighted by Gasteiger charge is 2.20. The summed E-state index contributed by atoms with van der Waals surface area (Å²) in [5.41, 5.74) is 0.0943. The van der Waals surface area contributed by atoms with E-state index in [9.17, 15) is 14.4 Å². The van der Waals surface area contributed by atoms with E-state index in [1.807, 2.05) is 0 Å². The Morgan fingerprint density at radius 1 is 0.889 bits per heavy atom. The minimum atomic E-state index is -0.679. The Kier molecular flexibility index (Phi) is 3.19. The van der Waals surface area contributed by atoms with Crippen molar-refractivity contribution in [3.8, 4) is 0 Å². The summed E-state index contributed by atoms with van der Waals surface area (Å²) in [6.45, 7) is 0. The lowest BCUT2D eigenvalue weighted by Crippen LogP contribution is -2.25. The first-order valence-corrected chi connectivity index (χ1v) is 5.41. The second kappa shape index (κ2) is 4.79. The number of aromatic nitrogens is 1. The molecule has 2 rings (SSSR count). The Balaban J connectivity index is 2.41. The van der Waals surface area contributed by atoms with Gasteiger partial charge in [0.1, 0.15) is 0 Å². The van der Waals surface area contributed by atoms with E-state index in [-0.39, 0.29) is 11.3 Å². The Morgan fingerprint density at radius 2 is 1.56 bits per heavy atom. The van der Waals surface area contributed by atoms with Crippen LogP contribution in [-0.2, 0) is 7.05 Å². The van der Waals surface area contributed by atoms with Crippen LogP contribution in [0.3, 0.4) is 0 Å². The SMILES string of the molecule is Cn1c(C(=O)C(=O)c2ccccc2)cccc1=O. The van der Waals surface area contributed by atoms with Gasteiger partial charge in [0.15, 0.2) is 0 Å². The summed E-state index contributed by atoms with van der Waals surface area (Å²) in [5.74, 6) is -1.29. The van der Waals surface area contributed by atoms with Crippen LogP contribution in [0.15, 0.2) is 53.3 Å². The molecule has 0 N–H and O–H groups in total. The number of rotatable bonds is 3. The Hall–Kier alpha value is -2.49. The molecule has 0 fully saturated rings. The van der Waals surface area contributed by atoms with E-state index in [4.69, 9.17) is 0 Å². The molecule has 0 spiro atoms. The third kappa shape index (κ3) is 2.13. The molecule has 1 aromatic carbocycles. The van der Waals surface area contributed by atoms with Crippen molar-refractivity contribution in [1.29, 1.82) is 0 Å². The number of Topliss-reactive ketones (excluding diaryl/α,β-unsaturated/α-hetero) is 2. The van der Waals surface area contributed by atoms with Crippen LogP contribution in [0.2, 0.25) is 0 Å². The van der Waals surface area contributed by atoms with Gasteiger partial charge in [0.25, 0.3) is 5.56 Å². The minimum absolute atomic E-state index is 0.0938. The Morgan fingerprint density at radius 3 is 2.22 bits per heavy atom. The molecule has 1 heterocycles. The number of carbonyl (C=O) groups is 2. The third-order valence-corrected chi connectivity index (χ3v) is 2.66. The van der Waals surface area contributed by atoms with Crippen LogP contribution in [0.1, 0.15) is 20.8 Å². The van der Waals surface area contributed by atoms with E-state index >= 15 is 0 Å². The lowest BCUT2D eigenvalue weighted by Gasteiger charge is -2.05. The second-order valence-electron chi connectivity index (χ2n) is 3.83. The molecule has 90 valence electrons. The maximum Gasteiger partial charge on any atom is 0.250 e. The second-order valence-corrected chi connectivity index (χ2v) is 3.83. The summed E-state index contributed by atoms with van der Waals surface area (Å²) in [6.07, 6.45) is 0. The topological polar surface area (TPSA) is 56.1 Å². The van der Waals surface area contributed by atoms with Gasteiger partial charge in [0.2, 0.25) is 11.6 Å². The van der Waals surface area contributed by atoms with Gasteiger partial charge in [-0.2, -0.15) is 0 Å². The number of hydrogen-bond donors (Lipinski definition) is 0. The molecule has 0 unspecified atom stereocenters. The van der Waals surface area contributed by atoms with Crippen LogP contribution in [0.25, 0.3) is 0 Å². The smallest absolute Gasteiger partial charge is 0.250 e. The normalized spacial score (nSPS) is 10.1. The number of nitrogens with zero attached hydrogens (tertiary/aromatic N) is 1. The Labute approximate surface area is 103 Å². The van der Waals surface area contributed by atoms with E-state index in [2.05, 4.69) is 0 Å². The molecule has 4 nitrogen and oxygen atoms in total. The summed E-state index contributed by atoms with van der Waals surface area (Å²) >= 11 is 0. The van der Waals surface area contributed by atoms with E-state index in [1.54, 1.807) is 30.3 Å². The van der Waals surface area contributed by atoms with Crippen LogP contribution in [0.4, 0.5) is 0 Å². The monoisotopic (exact) mass is 241 g/mol. The predicted molar refractivity (Wildman–Crippen MR) is 66.8 cm³/mol. The van der Waals surface area contributed by atoms with Crippen molar-refractivity contribution in [3.63, 3.8) is 0 Å². The van der Waals surface area contributed by atoms with Crippen LogP contribution in [0.5, 0.6) is 0 Å². The average molecular weight is 241 g/mol. The quantitative estimate of drug-likeness (QED) is 0.603. The van der Waals surface area contributed by atoms with Crippen molar-refractivity contribution < 1.29 is 9.59 Å². The van der Waals surface area contributed by atoms with Gasteiger partial charge in [-0.3, -0.25) is 14.4 Å². The molecular formula is C14H11NO3. The molecule has 0 aliphatic heterocycles. The number of pyridine rings is 1. The number of benzene rings is 1. The van der Waals surface area contributed by atoms with Crippen molar-refractivity contribution >= 4 is 11.6 Å². The largest absolute Gasteiger partial charge is 0.308 e. The first-order valence-electron chi connectivity index (χ1n) is 5.41. The Bertz CT molecular complexity index is 656. The fourth-order valence-corrected chi connectivity index (χ4v) is 1.63. The molecule has 0 aliphatic carbocycles. The number of ketones is 2. The third-order valence-electron chi connectivity index (χ3n) is 2.66. The fraction of sp³-hybridized carbons (Fsp3) is 0.0714. The zero-order chi connectivity index (χ0) is 13.1. The average Bonchev–Trinajstić information content (AvgIpc) is 2.41. The summed E-state index contributed by atoms with van der Waals surface area (Å²) in [7, 11) is 1.47. The van der Waals surface area contributed by atoms with Crippen molar-refractivity contribution in [1.82, 2.24) is 4.57 Å². The van der Waals surface area contributed by atoms with E-state index in [0.717, 1.165) is 0 Å². The van der Waals surface area contributed by atoms with E-state index < -0.39 is 11.6 Å². The van der Waals surface area contributed by atoms with E-state index in [0.29, 0.717) is 5.56 Å². The maximum atomic E-state index is 12.0. The van der Waals surface area contributed by atoms with Crippen molar-refractivity contribution in [2.24, 2.45) is 7.05 Å². The standard InChI is InChI=1S/C14H11NO3/c1-15-11(8-5-9-12(15)16)14(18)13(17)10-6-3-2-4-7-10/h2-9H,1H3. The van der Waals surface area contributed by atoms with Crippen LogP contribution in [-0.4, -0.2) is 16.1 Å². The molecule has 18 heavy (non-hydrogen) atoms. The highest BCUT2D eigenvalue weighted by molar-refractivity contribution is 6.48. The predicted octanol–water partition coefficient (Wildman–Crippen LogP) is 1.45. The number of carbonyl (C=O) groups excluding carboxylic acids is 2. The van der Waals surface area contributed by atoms with Gasteiger partial charge in [-0.05, 0) is 6.07 Å². The van der Waals surface area contributed by atoms with Gasteiger partial charge in [0, 0.05) is 18.7 Å². The lowest BCUT2D eigenvalue weighted by molar-refractivity contribution is 0.0811. The van der Waals surface area contributed by atoms with Crippen LogP contribution >= 0.6 is 0 Å². The lowest BCUT2D eigenvalue weighted by atomic mass is 10.1. The fourth-order valence-electron chi connectivity index (χ4n) is 1.63. The highest BCUT2D eigenvalue weighted by atomic mass is 16.2. The van der Waals surface area contributed by atoms with E-state index in [1.165, 1.54) is 29.8 Å². The van der Waals surface area contributed by atoms with Crippen LogP contribution < -0.4 is 5.56 Å². The summed E-state index contributed by atoms with van der Waals surface area (Å²) < 4.78 is 1.17. The molecule has 0 saturated heterocycles.